The molecular formula is C18H20BNO2. The minimum absolute atomic E-state index is 0.0216. The molecule has 1 aliphatic rings. The predicted molar refractivity (Wildman–Crippen MR) is 88.9 cm³/mol. The smallest absolute Gasteiger partial charge is 0.323 e. The van der Waals surface area contributed by atoms with E-state index < -0.39 is 6.92 Å². The molecule has 112 valence electrons. The Balaban J connectivity index is 1.82. The van der Waals surface area contributed by atoms with Gasteiger partial charge in [0.1, 0.15) is 5.69 Å². The van der Waals surface area contributed by atoms with Crippen LogP contribution < -0.4 is 5.46 Å². The topological polar surface area (TPSA) is 50.2 Å². The van der Waals surface area contributed by atoms with Gasteiger partial charge in [0.2, 0.25) is 0 Å². The van der Waals surface area contributed by atoms with Crippen molar-refractivity contribution in [3.8, 4) is 0 Å². The van der Waals surface area contributed by atoms with E-state index in [0.717, 1.165) is 41.4 Å². The molecule has 0 radical (unpaired) electrons. The summed E-state index contributed by atoms with van der Waals surface area (Å²) in [6, 6.07) is 9.76. The van der Waals surface area contributed by atoms with Crippen molar-refractivity contribution in [2.24, 2.45) is 0 Å². The lowest BCUT2D eigenvalue weighted by atomic mass is 9.53. The standard InChI is InChI=1S/C18H20BNO2/c1-12-5-8-17(20-13(12)2)18(21)11-14-6-7-15-4-3-9-19(22)16(15)10-14/h5-8,10,22H,3-4,9,11H2,1-2H3. The number of pyridine rings is 1. The Labute approximate surface area is 131 Å². The predicted octanol–water partition coefficient (Wildman–Crippen LogP) is 2.26. The molecule has 1 N–H and O–H groups in total. The summed E-state index contributed by atoms with van der Waals surface area (Å²) in [6.07, 6.45) is 3.18. The summed E-state index contributed by atoms with van der Waals surface area (Å²) in [6.45, 7) is 3.52. The Morgan fingerprint density at radius 3 is 2.86 bits per heavy atom. The Bertz CT molecular complexity index is 727. The number of nitrogens with zero attached hydrogens (tertiary/aromatic N) is 1. The van der Waals surface area contributed by atoms with Gasteiger partial charge in [0.05, 0.1) is 0 Å². The molecule has 0 bridgehead atoms. The number of aryl methyl sites for hydroxylation is 3. The van der Waals surface area contributed by atoms with Gasteiger partial charge in [-0.1, -0.05) is 36.2 Å². The van der Waals surface area contributed by atoms with Crippen LogP contribution in [-0.2, 0) is 12.8 Å². The van der Waals surface area contributed by atoms with Crippen molar-refractivity contribution in [1.29, 1.82) is 0 Å². The first kappa shape index (κ1) is 15.0. The molecule has 22 heavy (non-hydrogen) atoms. The van der Waals surface area contributed by atoms with Gasteiger partial charge < -0.3 is 5.02 Å². The normalized spacial score (nSPS) is 13.9. The second kappa shape index (κ2) is 6.05. The molecule has 2 heterocycles. The van der Waals surface area contributed by atoms with Crippen molar-refractivity contribution in [1.82, 2.24) is 4.98 Å². The molecule has 0 aliphatic carbocycles. The summed E-state index contributed by atoms with van der Waals surface area (Å²) in [5.74, 6) is 0.0216. The molecule has 1 aromatic carbocycles. The lowest BCUT2D eigenvalue weighted by Crippen LogP contribution is -2.36. The molecule has 1 aliphatic heterocycles. The van der Waals surface area contributed by atoms with Crippen LogP contribution in [0.1, 0.15) is 39.3 Å². The van der Waals surface area contributed by atoms with Crippen LogP contribution >= 0.6 is 0 Å². The SMILES string of the molecule is Cc1ccc(C(=O)Cc2ccc3c(c2)B(O)CCC3)nc1C. The highest BCUT2D eigenvalue weighted by Crippen LogP contribution is 2.16. The fourth-order valence-corrected chi connectivity index (χ4v) is 3.00. The van der Waals surface area contributed by atoms with Gasteiger partial charge in [-0.15, -0.1) is 0 Å². The summed E-state index contributed by atoms with van der Waals surface area (Å²) in [7, 11) is 0. The van der Waals surface area contributed by atoms with Crippen LogP contribution in [0.4, 0.5) is 0 Å². The fourth-order valence-electron chi connectivity index (χ4n) is 3.00. The highest BCUT2D eigenvalue weighted by atomic mass is 16.2. The second-order valence-electron chi connectivity index (χ2n) is 6.14. The van der Waals surface area contributed by atoms with E-state index in [4.69, 9.17) is 0 Å². The largest absolute Gasteiger partial charge is 0.446 e. The number of benzene rings is 1. The van der Waals surface area contributed by atoms with E-state index in [1.165, 1.54) is 5.56 Å². The summed E-state index contributed by atoms with van der Waals surface area (Å²) in [4.78, 5) is 16.8. The molecule has 0 amide bonds. The molecule has 0 atom stereocenters. The first-order valence-corrected chi connectivity index (χ1v) is 7.82. The number of carbonyl (C=O) groups is 1. The first-order chi connectivity index (χ1) is 10.5. The zero-order valence-corrected chi connectivity index (χ0v) is 13.1. The highest BCUT2D eigenvalue weighted by Gasteiger charge is 2.22. The molecule has 0 spiro atoms. The van der Waals surface area contributed by atoms with E-state index in [1.807, 2.05) is 38.1 Å². The minimum Gasteiger partial charge on any atom is -0.446 e. The zero-order valence-electron chi connectivity index (χ0n) is 13.1. The number of carbonyl (C=O) groups excluding carboxylic acids is 1. The van der Waals surface area contributed by atoms with Crippen LogP contribution in [0.3, 0.4) is 0 Å². The van der Waals surface area contributed by atoms with E-state index in [2.05, 4.69) is 4.98 Å². The Morgan fingerprint density at radius 1 is 1.27 bits per heavy atom. The number of fused-ring (bicyclic) bond motifs is 1. The van der Waals surface area contributed by atoms with Gasteiger partial charge in [0.25, 0.3) is 0 Å². The number of rotatable bonds is 3. The van der Waals surface area contributed by atoms with Crippen LogP contribution in [0.25, 0.3) is 0 Å². The molecule has 0 fully saturated rings. The summed E-state index contributed by atoms with van der Waals surface area (Å²) in [5.41, 5.74) is 5.65. The number of hydrogen-bond acceptors (Lipinski definition) is 3. The number of hydrogen-bond donors (Lipinski definition) is 1. The Morgan fingerprint density at radius 2 is 2.09 bits per heavy atom. The van der Waals surface area contributed by atoms with Crippen molar-refractivity contribution in [3.63, 3.8) is 0 Å². The second-order valence-corrected chi connectivity index (χ2v) is 6.14. The Kier molecular flexibility index (Phi) is 4.12. The van der Waals surface area contributed by atoms with E-state index in [-0.39, 0.29) is 5.78 Å². The van der Waals surface area contributed by atoms with Gasteiger partial charge in [-0.05, 0) is 49.2 Å². The third kappa shape index (κ3) is 2.97. The van der Waals surface area contributed by atoms with Crippen LogP contribution in [0, 0.1) is 13.8 Å². The van der Waals surface area contributed by atoms with E-state index in [1.54, 1.807) is 6.07 Å². The van der Waals surface area contributed by atoms with Gasteiger partial charge in [0, 0.05) is 12.1 Å². The highest BCUT2D eigenvalue weighted by molar-refractivity contribution is 6.67. The average molecular weight is 293 g/mol. The van der Waals surface area contributed by atoms with Gasteiger partial charge in [0.15, 0.2) is 5.78 Å². The molecule has 0 saturated heterocycles. The van der Waals surface area contributed by atoms with Crippen LogP contribution in [0.2, 0.25) is 6.32 Å². The zero-order chi connectivity index (χ0) is 15.7. The van der Waals surface area contributed by atoms with Crippen molar-refractivity contribution < 1.29 is 9.82 Å². The summed E-state index contributed by atoms with van der Waals surface area (Å²) >= 11 is 0. The molecule has 0 unspecified atom stereocenters. The van der Waals surface area contributed by atoms with E-state index in [0.29, 0.717) is 12.1 Å². The number of aromatic nitrogens is 1. The maximum atomic E-state index is 12.4. The van der Waals surface area contributed by atoms with Crippen molar-refractivity contribution >= 4 is 18.2 Å². The molecule has 3 nitrogen and oxygen atoms in total. The third-order valence-corrected chi connectivity index (χ3v) is 4.49. The molecule has 3 rings (SSSR count). The van der Waals surface area contributed by atoms with Gasteiger partial charge in [-0.25, -0.2) is 4.98 Å². The number of ketones is 1. The van der Waals surface area contributed by atoms with Crippen molar-refractivity contribution in [2.75, 3.05) is 0 Å². The number of Topliss-reactive ketones (excluding diaryl/α,β-unsaturated/α-hetero) is 1. The van der Waals surface area contributed by atoms with Crippen LogP contribution in [0.5, 0.6) is 0 Å². The van der Waals surface area contributed by atoms with Crippen LogP contribution in [-0.4, -0.2) is 22.7 Å². The summed E-state index contributed by atoms with van der Waals surface area (Å²) in [5, 5.41) is 10.1. The maximum Gasteiger partial charge on any atom is 0.323 e. The average Bonchev–Trinajstić information content (AvgIpc) is 2.51. The van der Waals surface area contributed by atoms with Gasteiger partial charge >= 0.3 is 6.92 Å². The molecule has 2 aromatic rings. The molecule has 1 aromatic heterocycles. The Hall–Kier alpha value is -1.94. The van der Waals surface area contributed by atoms with Crippen molar-refractivity contribution in [2.45, 2.75) is 39.4 Å². The molecule has 0 saturated carbocycles. The molecule has 4 heteroatoms. The first-order valence-electron chi connectivity index (χ1n) is 7.82. The van der Waals surface area contributed by atoms with Gasteiger partial charge in [-0.2, -0.15) is 0 Å². The van der Waals surface area contributed by atoms with Crippen LogP contribution in [0.15, 0.2) is 30.3 Å². The van der Waals surface area contributed by atoms with Crippen molar-refractivity contribution in [3.05, 3.63) is 58.4 Å². The van der Waals surface area contributed by atoms with E-state index >= 15 is 0 Å². The van der Waals surface area contributed by atoms with Gasteiger partial charge in [-0.3, -0.25) is 4.79 Å². The lowest BCUT2D eigenvalue weighted by Gasteiger charge is -2.19. The fraction of sp³-hybridized carbons (Fsp3) is 0.333. The maximum absolute atomic E-state index is 12.4. The monoisotopic (exact) mass is 293 g/mol. The van der Waals surface area contributed by atoms with E-state index in [9.17, 15) is 9.82 Å². The molecular weight excluding hydrogens is 273 g/mol. The minimum atomic E-state index is -0.390. The quantitative estimate of drug-likeness (QED) is 0.697. The third-order valence-electron chi connectivity index (χ3n) is 4.49. The lowest BCUT2D eigenvalue weighted by molar-refractivity contribution is 0.0988. The summed E-state index contributed by atoms with van der Waals surface area (Å²) < 4.78 is 0.